The molecule has 1 aromatic carbocycles. The van der Waals surface area contributed by atoms with Crippen molar-refractivity contribution < 1.29 is 4.92 Å². The summed E-state index contributed by atoms with van der Waals surface area (Å²) in [6, 6.07) is 8.31. The Morgan fingerprint density at radius 3 is 2.70 bits per heavy atom. The van der Waals surface area contributed by atoms with Crippen LogP contribution in [0, 0.1) is 17.0 Å². The maximum atomic E-state index is 12.0. The third kappa shape index (κ3) is 3.53. The molecule has 1 aliphatic heterocycles. The Hall–Kier alpha value is -2.85. The minimum atomic E-state index is -0.338. The number of hydrogen-bond donors (Lipinski definition) is 0. The molecule has 9 nitrogen and oxygen atoms in total. The molecule has 1 aliphatic rings. The van der Waals surface area contributed by atoms with E-state index in [-0.39, 0.29) is 16.2 Å². The number of para-hydroxylation sites is 2. The Kier molecular flexibility index (Phi) is 4.58. The van der Waals surface area contributed by atoms with Gasteiger partial charge >= 0.3 is 0 Å². The average Bonchev–Trinajstić information content (AvgIpc) is 3.05. The second kappa shape index (κ2) is 7.05. The van der Waals surface area contributed by atoms with Crippen LogP contribution in [-0.4, -0.2) is 50.6 Å². The van der Waals surface area contributed by atoms with Crippen molar-refractivity contribution in [3.05, 3.63) is 61.5 Å². The summed E-state index contributed by atoms with van der Waals surface area (Å²) >= 11 is 1.42. The highest BCUT2D eigenvalue weighted by molar-refractivity contribution is 7.16. The molecule has 2 aromatic heterocycles. The molecule has 0 saturated carbocycles. The molecule has 0 aliphatic carbocycles. The zero-order valence-corrected chi connectivity index (χ0v) is 15.6. The fraction of sp³-hybridized carbons (Fsp3) is 0.353. The molecule has 3 aromatic rings. The third-order valence-corrected chi connectivity index (χ3v) is 5.46. The lowest BCUT2D eigenvalue weighted by atomic mass is 10.2. The maximum absolute atomic E-state index is 12.0. The highest BCUT2D eigenvalue weighted by Crippen LogP contribution is 2.28. The third-order valence-electron chi connectivity index (χ3n) is 4.57. The van der Waals surface area contributed by atoms with Gasteiger partial charge in [0.05, 0.1) is 11.5 Å². The normalized spacial score (nSPS) is 15.4. The summed E-state index contributed by atoms with van der Waals surface area (Å²) in [6.45, 7) is 5.37. The van der Waals surface area contributed by atoms with Crippen molar-refractivity contribution in [2.75, 3.05) is 31.1 Å². The summed E-state index contributed by atoms with van der Waals surface area (Å²) in [7, 11) is 0. The Balaban J connectivity index is 1.45. The SMILES string of the molecule is Cc1cc(=O)n2nc(CN3CCN(c4ccccc4[N+](=O)[O-])CC3)sc2n1. The number of piperazine rings is 1. The van der Waals surface area contributed by atoms with Crippen molar-refractivity contribution in [2.24, 2.45) is 0 Å². The Morgan fingerprint density at radius 2 is 1.96 bits per heavy atom. The lowest BCUT2D eigenvalue weighted by Crippen LogP contribution is -2.46. The standard InChI is InChI=1S/C17H18N6O3S/c1-12-10-16(24)22-17(18-12)27-15(19-22)11-20-6-8-21(9-7-20)13-4-2-3-5-14(13)23(25)26/h2-5,10H,6-9,11H2,1H3. The number of anilines is 1. The number of nitro groups is 1. The van der Waals surface area contributed by atoms with E-state index in [1.54, 1.807) is 19.1 Å². The van der Waals surface area contributed by atoms with Crippen LogP contribution in [0.2, 0.25) is 0 Å². The fourth-order valence-electron chi connectivity index (χ4n) is 3.25. The first-order valence-corrected chi connectivity index (χ1v) is 9.40. The summed E-state index contributed by atoms with van der Waals surface area (Å²) in [4.78, 5) is 32.1. The van der Waals surface area contributed by atoms with Gasteiger partial charge in [-0.3, -0.25) is 19.8 Å². The maximum Gasteiger partial charge on any atom is 0.292 e. The van der Waals surface area contributed by atoms with Crippen LogP contribution in [0.5, 0.6) is 0 Å². The number of benzene rings is 1. The molecule has 0 amide bonds. The minimum absolute atomic E-state index is 0.137. The van der Waals surface area contributed by atoms with E-state index in [0.717, 1.165) is 18.1 Å². The largest absolute Gasteiger partial charge is 0.363 e. The van der Waals surface area contributed by atoms with Crippen molar-refractivity contribution in [2.45, 2.75) is 13.5 Å². The van der Waals surface area contributed by atoms with Gasteiger partial charge in [0.25, 0.3) is 11.2 Å². The zero-order valence-electron chi connectivity index (χ0n) is 14.7. The predicted molar refractivity (Wildman–Crippen MR) is 102 cm³/mol. The minimum Gasteiger partial charge on any atom is -0.363 e. The van der Waals surface area contributed by atoms with Gasteiger partial charge in [-0.15, -0.1) is 0 Å². The highest BCUT2D eigenvalue weighted by Gasteiger charge is 2.24. The van der Waals surface area contributed by atoms with Crippen LogP contribution in [0.1, 0.15) is 10.7 Å². The van der Waals surface area contributed by atoms with E-state index in [1.807, 2.05) is 11.0 Å². The van der Waals surface area contributed by atoms with Crippen LogP contribution in [0.25, 0.3) is 4.96 Å². The molecule has 0 N–H and O–H groups in total. The van der Waals surface area contributed by atoms with Crippen molar-refractivity contribution in [3.8, 4) is 0 Å². The van der Waals surface area contributed by atoms with E-state index >= 15 is 0 Å². The van der Waals surface area contributed by atoms with E-state index in [9.17, 15) is 14.9 Å². The van der Waals surface area contributed by atoms with Gasteiger partial charge in [0, 0.05) is 44.0 Å². The topological polar surface area (TPSA) is 96.9 Å². The summed E-state index contributed by atoms with van der Waals surface area (Å²) < 4.78 is 1.34. The zero-order chi connectivity index (χ0) is 19.0. The average molecular weight is 386 g/mol. The van der Waals surface area contributed by atoms with E-state index in [1.165, 1.54) is 28.0 Å². The molecule has 0 unspecified atom stereocenters. The van der Waals surface area contributed by atoms with Crippen molar-refractivity contribution in [3.63, 3.8) is 0 Å². The summed E-state index contributed by atoms with van der Waals surface area (Å²) in [5.41, 5.74) is 1.32. The molecule has 0 atom stereocenters. The number of aryl methyl sites for hydroxylation is 1. The fourth-order valence-corrected chi connectivity index (χ4v) is 4.24. The van der Waals surface area contributed by atoms with Gasteiger partial charge in [0.2, 0.25) is 4.96 Å². The second-order valence-electron chi connectivity index (χ2n) is 6.43. The Bertz CT molecular complexity index is 1050. The van der Waals surface area contributed by atoms with Crippen molar-refractivity contribution >= 4 is 27.7 Å². The number of hydrogen-bond acceptors (Lipinski definition) is 8. The van der Waals surface area contributed by atoms with Gasteiger partial charge in [-0.1, -0.05) is 23.5 Å². The monoisotopic (exact) mass is 386 g/mol. The smallest absolute Gasteiger partial charge is 0.292 e. The molecule has 1 saturated heterocycles. The molecule has 10 heteroatoms. The van der Waals surface area contributed by atoms with Crippen molar-refractivity contribution in [1.29, 1.82) is 0 Å². The molecule has 4 rings (SSSR count). The van der Waals surface area contributed by atoms with Crippen LogP contribution in [0.3, 0.4) is 0 Å². The van der Waals surface area contributed by atoms with Crippen LogP contribution in [0.15, 0.2) is 35.1 Å². The van der Waals surface area contributed by atoms with Gasteiger partial charge in [-0.2, -0.15) is 9.61 Å². The van der Waals surface area contributed by atoms with Gasteiger partial charge in [-0.25, -0.2) is 4.98 Å². The lowest BCUT2D eigenvalue weighted by Gasteiger charge is -2.35. The van der Waals surface area contributed by atoms with E-state index < -0.39 is 0 Å². The highest BCUT2D eigenvalue weighted by atomic mass is 32.1. The first-order chi connectivity index (χ1) is 13.0. The summed E-state index contributed by atoms with van der Waals surface area (Å²) in [5.74, 6) is 0. The molecule has 0 bridgehead atoms. The number of nitrogens with zero attached hydrogens (tertiary/aromatic N) is 6. The molecule has 3 heterocycles. The molecular formula is C17H18N6O3S. The quantitative estimate of drug-likeness (QED) is 0.497. The summed E-state index contributed by atoms with van der Waals surface area (Å²) in [6.07, 6.45) is 0. The second-order valence-corrected chi connectivity index (χ2v) is 7.48. The number of aromatic nitrogens is 3. The molecule has 0 spiro atoms. The predicted octanol–water partition coefficient (Wildman–Crippen LogP) is 1.69. The number of rotatable bonds is 4. The molecule has 0 radical (unpaired) electrons. The first-order valence-electron chi connectivity index (χ1n) is 8.58. The van der Waals surface area contributed by atoms with Gasteiger partial charge in [0.1, 0.15) is 10.7 Å². The Morgan fingerprint density at radius 1 is 1.22 bits per heavy atom. The lowest BCUT2D eigenvalue weighted by molar-refractivity contribution is -0.384. The molecular weight excluding hydrogens is 368 g/mol. The van der Waals surface area contributed by atoms with Crippen LogP contribution in [0.4, 0.5) is 11.4 Å². The molecule has 27 heavy (non-hydrogen) atoms. The number of nitro benzene ring substituents is 1. The summed E-state index contributed by atoms with van der Waals surface area (Å²) in [5, 5.41) is 16.4. The first kappa shape index (κ1) is 17.6. The van der Waals surface area contributed by atoms with E-state index in [0.29, 0.717) is 36.0 Å². The van der Waals surface area contributed by atoms with Crippen LogP contribution < -0.4 is 10.5 Å². The van der Waals surface area contributed by atoms with E-state index in [2.05, 4.69) is 15.0 Å². The van der Waals surface area contributed by atoms with Gasteiger partial charge in [-0.05, 0) is 13.0 Å². The van der Waals surface area contributed by atoms with Crippen LogP contribution in [-0.2, 0) is 6.54 Å². The van der Waals surface area contributed by atoms with Gasteiger partial charge in [0.15, 0.2) is 0 Å². The van der Waals surface area contributed by atoms with E-state index in [4.69, 9.17) is 0 Å². The molecule has 140 valence electrons. The number of fused-ring (bicyclic) bond motifs is 1. The van der Waals surface area contributed by atoms with Crippen molar-refractivity contribution in [1.82, 2.24) is 19.5 Å². The Labute approximate surface area is 158 Å². The van der Waals surface area contributed by atoms with Gasteiger partial charge < -0.3 is 4.90 Å². The molecule has 1 fully saturated rings. The van der Waals surface area contributed by atoms with Crippen LogP contribution >= 0.6 is 11.3 Å².